The van der Waals surface area contributed by atoms with E-state index in [0.717, 1.165) is 0 Å². The second-order valence-electron chi connectivity index (χ2n) is 0.564. The number of aliphatic hydroxyl groups excluding tert-OH is 1. The third-order valence-electron chi connectivity index (χ3n) is 0. The Morgan fingerprint density at radius 3 is 0.846 bits per heavy atom. The van der Waals surface area contributed by atoms with Gasteiger partial charge >= 0.3 is 11.4 Å². The van der Waals surface area contributed by atoms with Crippen LogP contribution in [0.15, 0.2) is 0 Å². The third-order valence-corrected chi connectivity index (χ3v) is 0. The molecule has 0 heterocycles. The Labute approximate surface area is 93.1 Å². The minimum Gasteiger partial charge on any atom is -0.412 e. The van der Waals surface area contributed by atoms with E-state index in [1.807, 2.05) is 0 Å². The van der Waals surface area contributed by atoms with Crippen LogP contribution in [0.4, 0.5) is 0 Å². The van der Waals surface area contributed by atoms with Gasteiger partial charge in [-0.2, -0.15) is 0 Å². The average Bonchev–Trinajstić information content (AvgIpc) is 1.33. The van der Waals surface area contributed by atoms with Gasteiger partial charge < -0.3 is 38.0 Å². The summed E-state index contributed by atoms with van der Waals surface area (Å²) in [6, 6.07) is 0. The van der Waals surface area contributed by atoms with Crippen molar-refractivity contribution in [3.8, 4) is 0 Å². The van der Waals surface area contributed by atoms with Gasteiger partial charge in [0.25, 0.3) is 0 Å². The summed E-state index contributed by atoms with van der Waals surface area (Å²) in [6.45, 7) is 1.93. The first kappa shape index (κ1) is 64.9. The van der Waals surface area contributed by atoms with Crippen LogP contribution >= 0.6 is 30.1 Å². The molecule has 0 aromatic rings. The molecule has 0 spiro atoms. The van der Waals surface area contributed by atoms with Gasteiger partial charge in [-0.05, 0) is 6.92 Å². The van der Waals surface area contributed by atoms with E-state index >= 15 is 0 Å². The summed E-state index contributed by atoms with van der Waals surface area (Å²) in [4.78, 5) is 0. The van der Waals surface area contributed by atoms with Crippen LogP contribution in [0.5, 0.6) is 0 Å². The maximum atomic E-state index is 7.57. The highest BCUT2D eigenvalue weighted by Gasteiger charge is 2.00. The molecule has 0 radical (unpaired) electrons. The summed E-state index contributed by atoms with van der Waals surface area (Å²) in [5, 5.41) is 7.57. The van der Waals surface area contributed by atoms with E-state index in [1.165, 1.54) is 0 Å². The molecular weight excluding hydrogens is 269 g/mol. The van der Waals surface area contributed by atoms with Crippen LogP contribution in [0.1, 0.15) is 6.92 Å². The highest BCUT2D eigenvalue weighted by atomic mass is 35.8. The number of halogens is 3. The molecule has 0 saturated heterocycles. The lowest BCUT2D eigenvalue weighted by atomic mass is 10.9. The van der Waals surface area contributed by atoms with Crippen LogP contribution in [0.2, 0.25) is 0 Å². The van der Waals surface area contributed by atoms with E-state index in [0.29, 0.717) is 0 Å². The van der Waals surface area contributed by atoms with Crippen molar-refractivity contribution in [2.75, 3.05) is 6.61 Å². The van der Waals surface area contributed by atoms with Crippen molar-refractivity contribution in [1.29, 1.82) is 0 Å². The van der Waals surface area contributed by atoms with Gasteiger partial charge in [0.2, 0.25) is 0 Å². The molecular formula is C2H18AlCl3O7. The highest BCUT2D eigenvalue weighted by Crippen LogP contribution is 1.97. The van der Waals surface area contributed by atoms with E-state index in [9.17, 15) is 0 Å². The maximum absolute atomic E-state index is 7.57. The molecule has 7 nitrogen and oxygen atoms in total. The zero-order valence-electron chi connectivity index (χ0n) is 6.87. The molecule has 0 saturated carbocycles. The van der Waals surface area contributed by atoms with Crippen molar-refractivity contribution in [2.24, 2.45) is 0 Å². The molecule has 13 N–H and O–H groups in total. The number of aliphatic hydroxyl groups is 1. The van der Waals surface area contributed by atoms with Gasteiger partial charge in [0.15, 0.2) is 0 Å². The Balaban J connectivity index is -0.00000000444. The van der Waals surface area contributed by atoms with Crippen LogP contribution in [0.3, 0.4) is 0 Å². The first-order valence-electron chi connectivity index (χ1n) is 1.68. The van der Waals surface area contributed by atoms with Gasteiger partial charge in [-0.3, -0.25) is 0 Å². The molecule has 0 rings (SSSR count). The van der Waals surface area contributed by atoms with Gasteiger partial charge in [-0.15, -0.1) is 0 Å². The largest absolute Gasteiger partial charge is 0.643 e. The molecule has 0 unspecified atom stereocenters. The summed E-state index contributed by atoms with van der Waals surface area (Å²) in [5.74, 6) is 0. The molecule has 0 bridgehead atoms. The predicted molar refractivity (Wildman–Crippen MR) is 57.8 cm³/mol. The first-order valence-corrected chi connectivity index (χ1v) is 6.92. The minimum absolute atomic E-state index is 0. The van der Waals surface area contributed by atoms with Crippen molar-refractivity contribution in [3.05, 3.63) is 0 Å². The Morgan fingerprint density at radius 1 is 0.846 bits per heavy atom. The van der Waals surface area contributed by atoms with Crippen LogP contribution in [-0.4, -0.2) is 56.0 Å². The van der Waals surface area contributed by atoms with Crippen LogP contribution < -0.4 is 0 Å². The monoisotopic (exact) mass is 286 g/mol. The molecule has 13 heavy (non-hydrogen) atoms. The molecule has 0 fully saturated rings. The number of hydrogen-bond acceptors (Lipinski definition) is 1. The SMILES string of the molecule is CCO.O.O.O.O.O.O.[Cl][Al]([Cl])[Cl]. The molecule has 11 heteroatoms. The van der Waals surface area contributed by atoms with E-state index in [-0.39, 0.29) is 39.5 Å². The standard InChI is InChI=1S/C2H6O.Al.3ClH.6H2O/c1-2-3;;;;;;;;;;/h3H,2H2,1H3;;3*1H;6*1H2/q;+3;;;;;;;;;/p-3. The van der Waals surface area contributed by atoms with E-state index in [4.69, 9.17) is 35.3 Å². The zero-order chi connectivity index (χ0) is 6.28. The van der Waals surface area contributed by atoms with Crippen molar-refractivity contribution >= 4 is 41.5 Å². The summed E-state index contributed by atoms with van der Waals surface area (Å²) < 4.78 is 0. The van der Waals surface area contributed by atoms with Crippen molar-refractivity contribution < 1.29 is 38.0 Å². The van der Waals surface area contributed by atoms with Crippen molar-refractivity contribution in [2.45, 2.75) is 6.92 Å². The summed E-state index contributed by atoms with van der Waals surface area (Å²) >= 11 is -1.72. The maximum Gasteiger partial charge on any atom is 0.643 e. The fraction of sp³-hybridized carbons (Fsp3) is 1.00. The minimum atomic E-state index is -1.72. The first-order chi connectivity index (χ1) is 3.15. The Bertz CT molecular complexity index is 32.9. The fourth-order valence-electron chi connectivity index (χ4n) is 0. The lowest BCUT2D eigenvalue weighted by Gasteiger charge is -1.57. The molecule has 92 valence electrons. The van der Waals surface area contributed by atoms with E-state index in [1.54, 1.807) is 6.92 Å². The predicted octanol–water partition coefficient (Wildman–Crippen LogP) is -3.26. The molecule has 0 atom stereocenters. The lowest BCUT2D eigenvalue weighted by Crippen LogP contribution is -1.66. The van der Waals surface area contributed by atoms with Crippen molar-refractivity contribution in [1.82, 2.24) is 0 Å². The molecule has 0 aromatic heterocycles. The second kappa shape index (κ2) is 73.5. The molecule has 0 aliphatic carbocycles. The van der Waals surface area contributed by atoms with Crippen LogP contribution in [0.25, 0.3) is 0 Å². The number of hydrogen-bond donors (Lipinski definition) is 1. The lowest BCUT2D eigenvalue weighted by molar-refractivity contribution is 0.318. The van der Waals surface area contributed by atoms with Gasteiger partial charge in [0.1, 0.15) is 0 Å². The van der Waals surface area contributed by atoms with Crippen LogP contribution in [-0.2, 0) is 0 Å². The Morgan fingerprint density at radius 2 is 0.846 bits per heavy atom. The average molecular weight is 288 g/mol. The van der Waals surface area contributed by atoms with E-state index < -0.39 is 11.4 Å². The zero-order valence-corrected chi connectivity index (χ0v) is 10.3. The topological polar surface area (TPSA) is 209 Å². The summed E-state index contributed by atoms with van der Waals surface area (Å²) in [6.07, 6.45) is 0. The molecule has 0 aliphatic rings. The van der Waals surface area contributed by atoms with Gasteiger partial charge in [0, 0.05) is 6.61 Å². The summed E-state index contributed by atoms with van der Waals surface area (Å²) in [7, 11) is 14.8. The number of rotatable bonds is 0. The highest BCUT2D eigenvalue weighted by molar-refractivity contribution is 7.54. The molecule has 0 amide bonds. The van der Waals surface area contributed by atoms with Crippen molar-refractivity contribution in [3.63, 3.8) is 0 Å². The summed E-state index contributed by atoms with van der Waals surface area (Å²) in [5.41, 5.74) is 0. The van der Waals surface area contributed by atoms with E-state index in [2.05, 4.69) is 0 Å². The Hall–Kier alpha value is 1.12. The molecule has 0 aliphatic heterocycles. The Kier molecular flexibility index (Phi) is 367. The quantitative estimate of drug-likeness (QED) is 0.446. The third kappa shape index (κ3) is 1290. The normalized spacial score (nSPS) is 3.46. The van der Waals surface area contributed by atoms with Gasteiger partial charge in [-0.25, -0.2) is 30.1 Å². The second-order valence-corrected chi connectivity index (χ2v) is 7.00. The van der Waals surface area contributed by atoms with Crippen LogP contribution in [0, 0.1) is 0 Å². The molecule has 0 aromatic carbocycles. The smallest absolute Gasteiger partial charge is 0.412 e. The van der Waals surface area contributed by atoms with Gasteiger partial charge in [-0.1, -0.05) is 0 Å². The fourth-order valence-corrected chi connectivity index (χ4v) is 0. The van der Waals surface area contributed by atoms with Gasteiger partial charge in [0.05, 0.1) is 0 Å².